The van der Waals surface area contributed by atoms with Crippen LogP contribution in [0.1, 0.15) is 19.4 Å². The van der Waals surface area contributed by atoms with Gasteiger partial charge in [-0.3, -0.25) is 10.2 Å². The summed E-state index contributed by atoms with van der Waals surface area (Å²) in [4.78, 5) is 11.8. The molecule has 0 unspecified atom stereocenters. The van der Waals surface area contributed by atoms with Crippen molar-refractivity contribution in [2.24, 2.45) is 5.84 Å². The third-order valence-electron chi connectivity index (χ3n) is 3.09. The molecule has 6 heteroatoms. The number of carbonyl (C=O) groups is 1. The van der Waals surface area contributed by atoms with E-state index < -0.39 is 5.41 Å². The normalized spacial score (nSPS) is 10.8. The molecule has 6 nitrogen and oxygen atoms in total. The molecule has 0 aliphatic rings. The number of rotatable bonds is 5. The van der Waals surface area contributed by atoms with Gasteiger partial charge in [0.15, 0.2) is 11.5 Å². The number of carbonyl (C=O) groups excluding carboxylic acids is 1. The molecule has 0 bridgehead atoms. The minimum absolute atomic E-state index is 0.304. The van der Waals surface area contributed by atoms with Gasteiger partial charge in [-0.15, -0.1) is 0 Å². The Morgan fingerprint density at radius 3 is 1.89 bits per heavy atom. The van der Waals surface area contributed by atoms with Crippen LogP contribution in [0.4, 0.5) is 0 Å². The van der Waals surface area contributed by atoms with E-state index in [1.165, 1.54) is 21.3 Å². The number of methoxy groups -OCH3 is 3. The zero-order chi connectivity index (χ0) is 14.6. The van der Waals surface area contributed by atoms with Crippen LogP contribution in [0.5, 0.6) is 17.2 Å². The summed E-state index contributed by atoms with van der Waals surface area (Å²) >= 11 is 0. The van der Waals surface area contributed by atoms with Crippen molar-refractivity contribution in [2.45, 2.75) is 19.3 Å². The molecule has 1 aromatic carbocycles. The molecule has 0 atom stereocenters. The van der Waals surface area contributed by atoms with Crippen molar-refractivity contribution in [1.82, 2.24) is 5.43 Å². The molecular formula is C13H20N2O4. The first-order valence-corrected chi connectivity index (χ1v) is 5.73. The van der Waals surface area contributed by atoms with E-state index in [-0.39, 0.29) is 5.91 Å². The largest absolute Gasteiger partial charge is 0.493 e. The Morgan fingerprint density at radius 1 is 1.11 bits per heavy atom. The number of hydrogen-bond donors (Lipinski definition) is 2. The van der Waals surface area contributed by atoms with Crippen LogP contribution in [0.3, 0.4) is 0 Å². The number of benzene rings is 1. The lowest BCUT2D eigenvalue weighted by Gasteiger charge is -2.25. The highest BCUT2D eigenvalue weighted by Crippen LogP contribution is 2.41. The highest BCUT2D eigenvalue weighted by Gasteiger charge is 2.31. The summed E-state index contributed by atoms with van der Waals surface area (Å²) in [6.45, 7) is 3.52. The molecular weight excluding hydrogens is 248 g/mol. The molecule has 0 fully saturated rings. The van der Waals surface area contributed by atoms with Crippen LogP contribution in [-0.4, -0.2) is 27.2 Å². The summed E-state index contributed by atoms with van der Waals surface area (Å²) in [7, 11) is 4.58. The molecule has 0 aromatic heterocycles. The molecule has 1 rings (SSSR count). The summed E-state index contributed by atoms with van der Waals surface area (Å²) < 4.78 is 15.8. The van der Waals surface area contributed by atoms with Crippen molar-refractivity contribution in [1.29, 1.82) is 0 Å². The first-order chi connectivity index (χ1) is 8.92. The lowest BCUT2D eigenvalue weighted by atomic mass is 9.83. The summed E-state index contributed by atoms with van der Waals surface area (Å²) in [5.41, 5.74) is 2.05. The molecule has 1 aromatic rings. The molecule has 0 saturated carbocycles. The molecule has 0 saturated heterocycles. The number of nitrogens with one attached hydrogen (secondary N) is 1. The Bertz CT molecular complexity index is 447. The second-order valence-electron chi connectivity index (χ2n) is 4.51. The highest BCUT2D eigenvalue weighted by molar-refractivity contribution is 5.87. The van der Waals surface area contributed by atoms with Crippen molar-refractivity contribution in [2.75, 3.05) is 21.3 Å². The minimum Gasteiger partial charge on any atom is -0.493 e. The second kappa shape index (κ2) is 5.79. The van der Waals surface area contributed by atoms with Gasteiger partial charge in [-0.25, -0.2) is 5.84 Å². The average Bonchev–Trinajstić information content (AvgIpc) is 2.44. The molecule has 3 N–H and O–H groups in total. The molecule has 19 heavy (non-hydrogen) atoms. The van der Waals surface area contributed by atoms with Gasteiger partial charge in [0, 0.05) is 0 Å². The van der Waals surface area contributed by atoms with Gasteiger partial charge in [0.1, 0.15) is 0 Å². The van der Waals surface area contributed by atoms with Gasteiger partial charge in [0.2, 0.25) is 11.7 Å². The van der Waals surface area contributed by atoms with Crippen LogP contribution in [-0.2, 0) is 10.2 Å². The fourth-order valence-electron chi connectivity index (χ4n) is 1.75. The van der Waals surface area contributed by atoms with Crippen molar-refractivity contribution in [3.8, 4) is 17.2 Å². The first kappa shape index (κ1) is 15.1. The smallest absolute Gasteiger partial charge is 0.243 e. The molecule has 0 heterocycles. The minimum atomic E-state index is -0.818. The molecule has 0 aliphatic heterocycles. The Hall–Kier alpha value is -1.95. The first-order valence-electron chi connectivity index (χ1n) is 5.73. The summed E-state index contributed by atoms with van der Waals surface area (Å²) in [5, 5.41) is 0. The van der Waals surface area contributed by atoms with Gasteiger partial charge < -0.3 is 14.2 Å². The van der Waals surface area contributed by atoms with E-state index in [0.717, 1.165) is 0 Å². The van der Waals surface area contributed by atoms with Gasteiger partial charge >= 0.3 is 0 Å². The lowest BCUT2D eigenvalue weighted by molar-refractivity contribution is -0.125. The maximum atomic E-state index is 11.8. The third kappa shape index (κ3) is 2.73. The molecule has 106 valence electrons. The van der Waals surface area contributed by atoms with Crippen LogP contribution in [0.25, 0.3) is 0 Å². The van der Waals surface area contributed by atoms with Gasteiger partial charge in [-0.1, -0.05) is 0 Å². The lowest BCUT2D eigenvalue weighted by Crippen LogP contribution is -2.43. The average molecular weight is 268 g/mol. The quantitative estimate of drug-likeness (QED) is 0.472. The number of nitrogens with two attached hydrogens (primary N) is 1. The predicted molar refractivity (Wildman–Crippen MR) is 71.5 cm³/mol. The van der Waals surface area contributed by atoms with Gasteiger partial charge in [0.05, 0.1) is 26.7 Å². The van der Waals surface area contributed by atoms with Crippen LogP contribution < -0.4 is 25.5 Å². The van der Waals surface area contributed by atoms with E-state index >= 15 is 0 Å². The van der Waals surface area contributed by atoms with Crippen LogP contribution >= 0.6 is 0 Å². The van der Waals surface area contributed by atoms with Crippen molar-refractivity contribution < 1.29 is 19.0 Å². The Labute approximate surface area is 112 Å². The zero-order valence-electron chi connectivity index (χ0n) is 11.9. The van der Waals surface area contributed by atoms with Gasteiger partial charge in [-0.05, 0) is 31.5 Å². The number of amides is 1. The fourth-order valence-corrected chi connectivity index (χ4v) is 1.75. The number of ether oxygens (including phenoxy) is 3. The van der Waals surface area contributed by atoms with E-state index in [1.54, 1.807) is 26.0 Å². The fraction of sp³-hybridized carbons (Fsp3) is 0.462. The summed E-state index contributed by atoms with van der Waals surface area (Å²) in [5.74, 6) is 6.38. The standard InChI is InChI=1S/C13H20N2O4/c1-13(2,12(16)15-14)8-6-9(17-3)11(19-5)10(7-8)18-4/h6-7H,14H2,1-5H3,(H,15,16). The van der Waals surface area contributed by atoms with E-state index in [4.69, 9.17) is 20.1 Å². The monoisotopic (exact) mass is 268 g/mol. The van der Waals surface area contributed by atoms with E-state index in [2.05, 4.69) is 5.43 Å². The topological polar surface area (TPSA) is 82.8 Å². The van der Waals surface area contributed by atoms with Crippen molar-refractivity contribution >= 4 is 5.91 Å². The number of hydrazine groups is 1. The summed E-state index contributed by atoms with van der Waals surface area (Å²) in [6.07, 6.45) is 0. The SMILES string of the molecule is COc1cc(C(C)(C)C(=O)NN)cc(OC)c1OC. The van der Waals surface area contributed by atoms with E-state index in [1.807, 2.05) is 0 Å². The highest BCUT2D eigenvalue weighted by atomic mass is 16.5. The Morgan fingerprint density at radius 2 is 1.58 bits per heavy atom. The zero-order valence-corrected chi connectivity index (χ0v) is 11.9. The Balaban J connectivity index is 3.42. The second-order valence-corrected chi connectivity index (χ2v) is 4.51. The molecule has 1 amide bonds. The van der Waals surface area contributed by atoms with Crippen molar-refractivity contribution in [3.05, 3.63) is 17.7 Å². The van der Waals surface area contributed by atoms with Crippen LogP contribution in [0, 0.1) is 0 Å². The maximum absolute atomic E-state index is 11.8. The van der Waals surface area contributed by atoms with E-state index in [0.29, 0.717) is 22.8 Å². The number of hydrogen-bond acceptors (Lipinski definition) is 5. The van der Waals surface area contributed by atoms with Gasteiger partial charge in [0.25, 0.3) is 0 Å². The Kier molecular flexibility index (Phi) is 4.61. The summed E-state index contributed by atoms with van der Waals surface area (Å²) in [6, 6.07) is 3.47. The van der Waals surface area contributed by atoms with Crippen LogP contribution in [0.2, 0.25) is 0 Å². The molecule has 0 aliphatic carbocycles. The molecule has 0 radical (unpaired) electrons. The van der Waals surface area contributed by atoms with Crippen molar-refractivity contribution in [3.63, 3.8) is 0 Å². The predicted octanol–water partition coefficient (Wildman–Crippen LogP) is 0.980. The van der Waals surface area contributed by atoms with Gasteiger partial charge in [-0.2, -0.15) is 0 Å². The maximum Gasteiger partial charge on any atom is 0.243 e. The molecule has 0 spiro atoms. The third-order valence-corrected chi connectivity index (χ3v) is 3.09. The van der Waals surface area contributed by atoms with Crippen LogP contribution in [0.15, 0.2) is 12.1 Å². The van der Waals surface area contributed by atoms with E-state index in [9.17, 15) is 4.79 Å².